The molecule has 0 N–H and O–H groups in total. The average molecular weight is 425 g/mol. The van der Waals surface area contributed by atoms with Gasteiger partial charge in [0.15, 0.2) is 5.03 Å². The molecule has 8 heteroatoms. The van der Waals surface area contributed by atoms with Crippen LogP contribution >= 0.6 is 31.6 Å². The Morgan fingerprint density at radius 2 is 1.73 bits per heavy atom. The Hall–Kier alpha value is -0.130. The molecule has 1 aliphatic heterocycles. The van der Waals surface area contributed by atoms with E-state index in [1.165, 1.54) is 19.3 Å². The van der Waals surface area contributed by atoms with Crippen LogP contribution in [0.4, 0.5) is 0 Å². The first-order chi connectivity index (χ1) is 12.5. The highest BCUT2D eigenvalue weighted by molar-refractivity contribution is 8.02. The van der Waals surface area contributed by atoms with Crippen molar-refractivity contribution < 1.29 is 18.2 Å². The molecule has 0 aliphatic carbocycles. The van der Waals surface area contributed by atoms with Crippen LogP contribution in [-0.4, -0.2) is 36.4 Å². The van der Waals surface area contributed by atoms with E-state index in [1.807, 2.05) is 7.05 Å². The third-order valence-corrected chi connectivity index (χ3v) is 6.54. The predicted molar refractivity (Wildman–Crippen MR) is 112 cm³/mol. The summed E-state index contributed by atoms with van der Waals surface area (Å²) < 4.78 is 23.2. The minimum absolute atomic E-state index is 0.246. The zero-order valence-corrected chi connectivity index (χ0v) is 19.1. The molecule has 0 aromatic heterocycles. The van der Waals surface area contributed by atoms with E-state index >= 15 is 0 Å². The molecule has 0 fully saturated rings. The summed E-state index contributed by atoms with van der Waals surface area (Å²) in [5.41, 5.74) is 0. The van der Waals surface area contributed by atoms with Gasteiger partial charge in [0, 0.05) is 10.3 Å². The topological polar surface area (TPSA) is 47.9 Å². The van der Waals surface area contributed by atoms with Crippen molar-refractivity contribution >= 4 is 37.5 Å². The molecular weight excluding hydrogens is 391 g/mol. The Kier molecular flexibility index (Phi) is 12.1. The summed E-state index contributed by atoms with van der Waals surface area (Å²) in [6, 6.07) is 0. The summed E-state index contributed by atoms with van der Waals surface area (Å²) in [6.45, 7) is 7.73. The van der Waals surface area contributed by atoms with Crippen molar-refractivity contribution in [3.63, 3.8) is 0 Å². The Balaban J connectivity index is 2.64. The Morgan fingerprint density at radius 1 is 1.08 bits per heavy atom. The van der Waals surface area contributed by atoms with Crippen molar-refractivity contribution in [2.45, 2.75) is 72.1 Å². The van der Waals surface area contributed by atoms with Crippen LogP contribution in [0.25, 0.3) is 0 Å². The second-order valence-corrected chi connectivity index (χ2v) is 9.11. The van der Waals surface area contributed by atoms with Crippen molar-refractivity contribution in [3.8, 4) is 0 Å². The maximum absolute atomic E-state index is 12.1. The van der Waals surface area contributed by atoms with Crippen LogP contribution in [-0.2, 0) is 13.6 Å². The molecule has 1 heterocycles. The van der Waals surface area contributed by atoms with Gasteiger partial charge in [-0.05, 0) is 24.4 Å². The maximum Gasteiger partial charge on any atom is 0.751 e. The number of hydrogen-bond acceptors (Lipinski definition) is 5. The number of unbranched alkanes of at least 4 members (excludes halogenated alkanes) is 6. The minimum atomic E-state index is -2.25. The zero-order chi connectivity index (χ0) is 19.4. The molecule has 0 bridgehead atoms. The van der Waals surface area contributed by atoms with E-state index < -0.39 is 8.25 Å². The third-order valence-electron chi connectivity index (χ3n) is 4.21. The van der Waals surface area contributed by atoms with E-state index in [1.54, 1.807) is 11.8 Å². The normalized spacial score (nSPS) is 20.5. The van der Waals surface area contributed by atoms with Crippen LogP contribution < -0.4 is 0 Å². The standard InChI is InChI=1S/C18H34ClN2O3PS/c1-5-8-10-12-14-21(4)18(26-7-3)16(19)17(20-21)24-25(22)23-15-13-11-9-6-2/h5-15H2,1-4H3/q+2. The molecule has 26 heavy (non-hydrogen) atoms. The van der Waals surface area contributed by atoms with E-state index in [9.17, 15) is 4.57 Å². The number of quaternary nitrogens is 1. The fraction of sp³-hybridized carbons (Fsp3) is 0.833. The summed E-state index contributed by atoms with van der Waals surface area (Å²) >= 11 is 8.16. The molecule has 0 aromatic rings. The summed E-state index contributed by atoms with van der Waals surface area (Å²) in [5, 5.41) is 6.07. The Bertz CT molecular complexity index is 517. The van der Waals surface area contributed by atoms with E-state index in [4.69, 9.17) is 20.6 Å². The molecule has 1 rings (SSSR count). The van der Waals surface area contributed by atoms with Crippen molar-refractivity contribution in [2.75, 3.05) is 26.0 Å². The lowest BCUT2D eigenvalue weighted by atomic mass is 10.2. The van der Waals surface area contributed by atoms with Crippen LogP contribution in [0.5, 0.6) is 0 Å². The Morgan fingerprint density at radius 3 is 2.35 bits per heavy atom. The highest BCUT2D eigenvalue weighted by Gasteiger charge is 2.44. The molecule has 0 saturated carbocycles. The highest BCUT2D eigenvalue weighted by Crippen LogP contribution is 2.41. The van der Waals surface area contributed by atoms with Crippen LogP contribution in [0.15, 0.2) is 15.2 Å². The number of rotatable bonds is 14. The molecular formula is C18H34ClN2O3PS+2. The number of nitrogens with zero attached hydrogens (tertiary/aromatic N) is 2. The predicted octanol–water partition coefficient (Wildman–Crippen LogP) is 6.77. The number of halogens is 1. The van der Waals surface area contributed by atoms with E-state index in [0.29, 0.717) is 16.2 Å². The number of hydrogen-bond donors (Lipinski definition) is 0. The second-order valence-electron chi connectivity index (χ2n) is 6.59. The van der Waals surface area contributed by atoms with Gasteiger partial charge >= 0.3 is 14.2 Å². The monoisotopic (exact) mass is 424 g/mol. The first-order valence-corrected chi connectivity index (χ1v) is 12.2. The lowest BCUT2D eigenvalue weighted by Crippen LogP contribution is -2.35. The zero-order valence-electron chi connectivity index (χ0n) is 16.6. The van der Waals surface area contributed by atoms with Crippen molar-refractivity contribution in [2.24, 2.45) is 5.10 Å². The first kappa shape index (κ1) is 23.9. The quantitative estimate of drug-likeness (QED) is 0.175. The molecule has 2 atom stereocenters. The van der Waals surface area contributed by atoms with Crippen LogP contribution in [0.3, 0.4) is 0 Å². The second kappa shape index (κ2) is 13.1. The molecule has 5 nitrogen and oxygen atoms in total. The van der Waals surface area contributed by atoms with Crippen LogP contribution in [0.2, 0.25) is 0 Å². The first-order valence-electron chi connectivity index (χ1n) is 9.75. The van der Waals surface area contributed by atoms with Crippen LogP contribution in [0.1, 0.15) is 72.1 Å². The van der Waals surface area contributed by atoms with Gasteiger partial charge in [0.25, 0.3) is 0 Å². The van der Waals surface area contributed by atoms with Gasteiger partial charge in [0.1, 0.15) is 13.2 Å². The minimum Gasteiger partial charge on any atom is -0.201 e. The largest absolute Gasteiger partial charge is 0.751 e. The van der Waals surface area contributed by atoms with E-state index in [2.05, 4.69) is 25.9 Å². The molecule has 0 saturated heterocycles. The van der Waals surface area contributed by atoms with Gasteiger partial charge in [-0.15, -0.1) is 4.52 Å². The lowest BCUT2D eigenvalue weighted by molar-refractivity contribution is -0.869. The average Bonchev–Trinajstić information content (AvgIpc) is 2.83. The smallest absolute Gasteiger partial charge is 0.201 e. The fourth-order valence-electron chi connectivity index (χ4n) is 2.75. The van der Waals surface area contributed by atoms with Crippen molar-refractivity contribution in [1.29, 1.82) is 0 Å². The van der Waals surface area contributed by atoms with Gasteiger partial charge in [0.05, 0.1) is 7.05 Å². The summed E-state index contributed by atoms with van der Waals surface area (Å²) in [5.74, 6) is 1.15. The molecule has 1 aliphatic rings. The van der Waals surface area contributed by atoms with E-state index in [-0.39, 0.29) is 5.90 Å². The molecule has 0 amide bonds. The fourth-order valence-corrected chi connectivity index (χ4v) is 4.73. The van der Waals surface area contributed by atoms with Crippen LogP contribution in [0, 0.1) is 0 Å². The van der Waals surface area contributed by atoms with Gasteiger partial charge in [-0.2, -0.15) is 4.59 Å². The molecule has 2 unspecified atom stereocenters. The van der Waals surface area contributed by atoms with Gasteiger partial charge < -0.3 is 0 Å². The van der Waals surface area contributed by atoms with Crippen molar-refractivity contribution in [1.82, 2.24) is 0 Å². The Labute approximate surface area is 169 Å². The molecule has 0 aromatic carbocycles. The highest BCUT2D eigenvalue weighted by atomic mass is 35.5. The maximum atomic E-state index is 12.1. The molecule has 0 spiro atoms. The van der Waals surface area contributed by atoms with Gasteiger partial charge in [-0.3, -0.25) is 0 Å². The number of thioether (sulfide) groups is 1. The molecule has 0 radical (unpaired) electrons. The van der Waals surface area contributed by atoms with Gasteiger partial charge in [0.2, 0.25) is 5.03 Å². The van der Waals surface area contributed by atoms with Crippen molar-refractivity contribution in [3.05, 3.63) is 10.1 Å². The summed E-state index contributed by atoms with van der Waals surface area (Å²) in [4.78, 5) is 0. The molecule has 150 valence electrons. The van der Waals surface area contributed by atoms with E-state index in [0.717, 1.165) is 49.4 Å². The third kappa shape index (κ3) is 7.85. The summed E-state index contributed by atoms with van der Waals surface area (Å²) in [6.07, 6.45) is 8.94. The SMILES string of the molecule is CCCCCCO[P+](=O)OC1=N[N+](C)(CCCCCC)C(SCC)=C1Cl. The van der Waals surface area contributed by atoms with Gasteiger partial charge in [-0.25, -0.2) is 4.52 Å². The summed E-state index contributed by atoms with van der Waals surface area (Å²) in [7, 11) is -0.217. The lowest BCUT2D eigenvalue weighted by Gasteiger charge is -2.25. The van der Waals surface area contributed by atoms with Gasteiger partial charge in [-0.1, -0.05) is 76.2 Å².